The van der Waals surface area contributed by atoms with Crippen molar-refractivity contribution in [2.45, 2.75) is 32.9 Å². The Morgan fingerprint density at radius 3 is 2.75 bits per heavy atom. The first-order valence-corrected chi connectivity index (χ1v) is 7.05. The third-order valence-electron chi connectivity index (χ3n) is 3.28. The molecule has 0 radical (unpaired) electrons. The molecule has 7 heteroatoms. The van der Waals surface area contributed by atoms with Gasteiger partial charge in [-0.3, -0.25) is 9.59 Å². The molecule has 110 valence electrons. The lowest BCUT2D eigenvalue weighted by Gasteiger charge is -2.15. The zero-order valence-electron chi connectivity index (χ0n) is 11.9. The number of likely N-dealkylation sites (N-methyl/N-ethyl adjacent to an activating group) is 1. The second-order valence-electron chi connectivity index (χ2n) is 5.50. The fraction of sp³-hybridized carbons (Fsp3) is 0.615. The second-order valence-corrected chi connectivity index (χ2v) is 5.88. The molecule has 1 aliphatic rings. The van der Waals surface area contributed by atoms with Crippen molar-refractivity contribution >= 4 is 23.2 Å². The lowest BCUT2D eigenvalue weighted by molar-refractivity contribution is -0.127. The molecule has 0 saturated carbocycles. The van der Waals surface area contributed by atoms with E-state index in [9.17, 15) is 9.59 Å². The van der Waals surface area contributed by atoms with Crippen molar-refractivity contribution in [1.82, 2.24) is 14.7 Å². The molecule has 0 aromatic carbocycles. The van der Waals surface area contributed by atoms with Crippen molar-refractivity contribution in [3.05, 3.63) is 21.6 Å². The first-order valence-electron chi connectivity index (χ1n) is 6.67. The molecule has 1 aromatic rings. The fourth-order valence-corrected chi connectivity index (χ4v) is 2.39. The molecule has 1 N–H and O–H groups in total. The zero-order valence-corrected chi connectivity index (χ0v) is 12.6. The van der Waals surface area contributed by atoms with Gasteiger partial charge in [-0.2, -0.15) is 5.10 Å². The van der Waals surface area contributed by atoms with E-state index in [0.29, 0.717) is 31.1 Å². The molecule has 0 aliphatic carbocycles. The lowest BCUT2D eigenvalue weighted by atomic mass is 10.2. The molecule has 6 nitrogen and oxygen atoms in total. The Labute approximate surface area is 122 Å². The Kier molecular flexibility index (Phi) is 4.32. The third-order valence-corrected chi connectivity index (χ3v) is 3.65. The van der Waals surface area contributed by atoms with Gasteiger partial charge in [-0.05, 0) is 12.3 Å². The van der Waals surface area contributed by atoms with E-state index in [4.69, 9.17) is 11.6 Å². The van der Waals surface area contributed by atoms with E-state index in [1.54, 1.807) is 11.9 Å². The number of carbonyl (C=O) groups excluding carboxylic acids is 1. The summed E-state index contributed by atoms with van der Waals surface area (Å²) in [5, 5.41) is 7.20. The van der Waals surface area contributed by atoms with E-state index >= 15 is 0 Å². The minimum absolute atomic E-state index is 0.00688. The van der Waals surface area contributed by atoms with Gasteiger partial charge in [0.2, 0.25) is 5.91 Å². The molecule has 1 atom stereocenters. The van der Waals surface area contributed by atoms with Gasteiger partial charge in [0.25, 0.3) is 5.56 Å². The predicted octanol–water partition coefficient (Wildman–Crippen LogP) is 1.20. The van der Waals surface area contributed by atoms with Crippen LogP contribution in [0, 0.1) is 5.92 Å². The van der Waals surface area contributed by atoms with Gasteiger partial charge >= 0.3 is 0 Å². The summed E-state index contributed by atoms with van der Waals surface area (Å²) in [6.07, 6.45) is 2.21. The molecule has 1 unspecified atom stereocenters. The molecule has 2 heterocycles. The van der Waals surface area contributed by atoms with E-state index in [2.05, 4.69) is 10.4 Å². The van der Waals surface area contributed by atoms with Crippen molar-refractivity contribution in [2.75, 3.05) is 18.9 Å². The number of halogens is 1. The molecular weight excluding hydrogens is 280 g/mol. The highest BCUT2D eigenvalue weighted by atomic mass is 35.5. The quantitative estimate of drug-likeness (QED) is 0.907. The minimum Gasteiger partial charge on any atom is -0.371 e. The maximum atomic E-state index is 12.1. The number of nitrogens with zero attached hydrogens (tertiary/aromatic N) is 3. The van der Waals surface area contributed by atoms with Gasteiger partial charge in [0.1, 0.15) is 11.1 Å². The summed E-state index contributed by atoms with van der Waals surface area (Å²) in [4.78, 5) is 25.6. The first-order chi connectivity index (χ1) is 9.40. The van der Waals surface area contributed by atoms with Crippen molar-refractivity contribution in [2.24, 2.45) is 5.92 Å². The van der Waals surface area contributed by atoms with Gasteiger partial charge < -0.3 is 10.2 Å². The van der Waals surface area contributed by atoms with Crippen LogP contribution in [0.25, 0.3) is 0 Å². The Bertz CT molecular complexity index is 570. The van der Waals surface area contributed by atoms with Crippen LogP contribution in [0.5, 0.6) is 0 Å². The zero-order chi connectivity index (χ0) is 14.9. The number of hydrogen-bond donors (Lipinski definition) is 1. The van der Waals surface area contributed by atoms with Gasteiger partial charge in [-0.1, -0.05) is 25.4 Å². The standard InChI is InChI=1S/C13H19ClN4O2/c1-8(2)7-18-13(20)11(14)10(6-15-18)16-9-4-5-17(3)12(9)19/h6,8-9,16H,4-5,7H2,1-3H3. The van der Waals surface area contributed by atoms with Crippen LogP contribution in [0.15, 0.2) is 11.0 Å². The maximum Gasteiger partial charge on any atom is 0.287 e. The van der Waals surface area contributed by atoms with Crippen molar-refractivity contribution in [3.63, 3.8) is 0 Å². The van der Waals surface area contributed by atoms with Crippen LogP contribution in [0.3, 0.4) is 0 Å². The second kappa shape index (κ2) is 5.83. The number of nitrogens with one attached hydrogen (secondary N) is 1. The molecule has 20 heavy (non-hydrogen) atoms. The van der Waals surface area contributed by atoms with Crippen LogP contribution in [0.4, 0.5) is 5.69 Å². The predicted molar refractivity (Wildman–Crippen MR) is 78.0 cm³/mol. The highest BCUT2D eigenvalue weighted by molar-refractivity contribution is 6.33. The van der Waals surface area contributed by atoms with Crippen LogP contribution < -0.4 is 10.9 Å². The molecule has 0 bridgehead atoms. The van der Waals surface area contributed by atoms with Crippen molar-refractivity contribution < 1.29 is 4.79 Å². The largest absolute Gasteiger partial charge is 0.371 e. The first kappa shape index (κ1) is 14.8. The number of hydrogen-bond acceptors (Lipinski definition) is 4. The normalized spacial score (nSPS) is 18.9. The molecule has 2 rings (SSSR count). The minimum atomic E-state index is -0.334. The number of carbonyl (C=O) groups is 1. The maximum absolute atomic E-state index is 12.1. The van der Waals surface area contributed by atoms with Crippen LogP contribution >= 0.6 is 11.6 Å². The Hall–Kier alpha value is -1.56. The topological polar surface area (TPSA) is 67.2 Å². The van der Waals surface area contributed by atoms with E-state index in [0.717, 1.165) is 0 Å². The highest BCUT2D eigenvalue weighted by Crippen LogP contribution is 2.20. The average Bonchev–Trinajstić information content (AvgIpc) is 2.70. The van der Waals surface area contributed by atoms with Gasteiger partial charge in [-0.25, -0.2) is 4.68 Å². The number of anilines is 1. The van der Waals surface area contributed by atoms with Gasteiger partial charge in [-0.15, -0.1) is 0 Å². The SMILES string of the molecule is CC(C)Cn1ncc(NC2CCN(C)C2=O)c(Cl)c1=O. The average molecular weight is 299 g/mol. The molecule has 1 aromatic heterocycles. The summed E-state index contributed by atoms with van der Waals surface area (Å²) in [6.45, 7) is 5.22. The number of likely N-dealkylation sites (tertiary alicyclic amines) is 1. The molecular formula is C13H19ClN4O2. The van der Waals surface area contributed by atoms with Crippen LogP contribution in [0.1, 0.15) is 20.3 Å². The summed E-state index contributed by atoms with van der Waals surface area (Å²) >= 11 is 6.08. The number of rotatable bonds is 4. The Morgan fingerprint density at radius 1 is 1.50 bits per heavy atom. The van der Waals surface area contributed by atoms with Crippen LogP contribution in [-0.2, 0) is 11.3 Å². The summed E-state index contributed by atoms with van der Waals surface area (Å²) in [5.41, 5.74) is 0.0921. The van der Waals surface area contributed by atoms with Crippen molar-refractivity contribution in [1.29, 1.82) is 0 Å². The smallest absolute Gasteiger partial charge is 0.287 e. The Morgan fingerprint density at radius 2 is 2.20 bits per heavy atom. The molecule has 1 saturated heterocycles. The molecule has 1 aliphatic heterocycles. The highest BCUT2D eigenvalue weighted by Gasteiger charge is 2.29. The molecule has 1 fully saturated rings. The number of amides is 1. The van der Waals surface area contributed by atoms with E-state index in [1.165, 1.54) is 10.9 Å². The van der Waals surface area contributed by atoms with Crippen LogP contribution in [0.2, 0.25) is 5.02 Å². The Balaban J connectivity index is 2.20. The molecule has 1 amide bonds. The van der Waals surface area contributed by atoms with E-state index in [1.807, 2.05) is 13.8 Å². The third kappa shape index (κ3) is 2.95. The summed E-state index contributed by atoms with van der Waals surface area (Å²) < 4.78 is 1.35. The summed E-state index contributed by atoms with van der Waals surface area (Å²) in [6, 6.07) is -0.334. The lowest BCUT2D eigenvalue weighted by Crippen LogP contribution is -2.32. The summed E-state index contributed by atoms with van der Waals surface area (Å²) in [7, 11) is 1.75. The monoisotopic (exact) mass is 298 g/mol. The van der Waals surface area contributed by atoms with E-state index in [-0.39, 0.29) is 22.5 Å². The van der Waals surface area contributed by atoms with Gasteiger partial charge in [0.15, 0.2) is 0 Å². The van der Waals surface area contributed by atoms with Gasteiger partial charge in [0, 0.05) is 20.1 Å². The number of aromatic nitrogens is 2. The van der Waals surface area contributed by atoms with E-state index < -0.39 is 0 Å². The van der Waals surface area contributed by atoms with Gasteiger partial charge in [0.05, 0.1) is 11.9 Å². The summed E-state index contributed by atoms with van der Waals surface area (Å²) in [5.74, 6) is 0.313. The van der Waals surface area contributed by atoms with Crippen LogP contribution in [-0.4, -0.2) is 40.2 Å². The van der Waals surface area contributed by atoms with Crippen molar-refractivity contribution in [3.8, 4) is 0 Å². The molecule has 0 spiro atoms. The fourth-order valence-electron chi connectivity index (χ4n) is 2.19.